The number of benzene rings is 1. The zero-order valence-corrected chi connectivity index (χ0v) is 15.0. The van der Waals surface area contributed by atoms with Crippen LogP contribution in [0.3, 0.4) is 0 Å². The first kappa shape index (κ1) is 15.5. The third kappa shape index (κ3) is 2.57. The SMILES string of the molecule is Cc1ncc(C2CCCC2)c2cc(Cc3[nH]nc4cccnc34)ccc12. The summed E-state index contributed by atoms with van der Waals surface area (Å²) >= 11 is 0. The van der Waals surface area contributed by atoms with Gasteiger partial charge in [-0.25, -0.2) is 0 Å². The Kier molecular flexibility index (Phi) is 3.70. The summed E-state index contributed by atoms with van der Waals surface area (Å²) in [6.45, 7) is 2.10. The fourth-order valence-corrected chi connectivity index (χ4v) is 4.35. The molecule has 0 aliphatic heterocycles. The number of hydrogen-bond acceptors (Lipinski definition) is 3. The minimum Gasteiger partial charge on any atom is -0.279 e. The highest BCUT2D eigenvalue weighted by atomic mass is 15.1. The van der Waals surface area contributed by atoms with Crippen molar-refractivity contribution in [2.24, 2.45) is 0 Å². The Hall–Kier alpha value is -2.75. The van der Waals surface area contributed by atoms with E-state index in [1.165, 1.54) is 47.6 Å². The zero-order chi connectivity index (χ0) is 17.5. The van der Waals surface area contributed by atoms with E-state index >= 15 is 0 Å². The summed E-state index contributed by atoms with van der Waals surface area (Å²) in [5.74, 6) is 0.663. The zero-order valence-electron chi connectivity index (χ0n) is 15.0. The predicted molar refractivity (Wildman–Crippen MR) is 104 cm³/mol. The second-order valence-electron chi connectivity index (χ2n) is 7.41. The highest BCUT2D eigenvalue weighted by Gasteiger charge is 2.20. The molecular formula is C22H22N4. The minimum atomic E-state index is 0.663. The molecule has 1 fully saturated rings. The van der Waals surface area contributed by atoms with Crippen LogP contribution < -0.4 is 0 Å². The van der Waals surface area contributed by atoms with Crippen molar-refractivity contribution < 1.29 is 0 Å². The molecule has 4 aromatic rings. The van der Waals surface area contributed by atoms with E-state index in [0.29, 0.717) is 5.92 Å². The third-order valence-electron chi connectivity index (χ3n) is 5.74. The van der Waals surface area contributed by atoms with E-state index in [0.717, 1.165) is 28.8 Å². The molecule has 0 saturated heterocycles. The Morgan fingerprint density at radius 1 is 1.08 bits per heavy atom. The third-order valence-corrected chi connectivity index (χ3v) is 5.74. The van der Waals surface area contributed by atoms with Crippen molar-refractivity contribution in [2.75, 3.05) is 0 Å². The molecule has 0 atom stereocenters. The van der Waals surface area contributed by atoms with Crippen LogP contribution in [0.5, 0.6) is 0 Å². The molecule has 26 heavy (non-hydrogen) atoms. The molecule has 1 saturated carbocycles. The van der Waals surface area contributed by atoms with Crippen molar-refractivity contribution in [1.29, 1.82) is 0 Å². The van der Waals surface area contributed by atoms with Crippen LogP contribution in [0.4, 0.5) is 0 Å². The van der Waals surface area contributed by atoms with Crippen LogP contribution >= 0.6 is 0 Å². The Morgan fingerprint density at radius 2 is 1.96 bits per heavy atom. The lowest BCUT2D eigenvalue weighted by atomic mass is 9.92. The van der Waals surface area contributed by atoms with E-state index in [4.69, 9.17) is 0 Å². The number of aryl methyl sites for hydroxylation is 1. The molecule has 1 aliphatic carbocycles. The standard InChI is InChI=1S/C22H22N4/c1-14-17-9-8-15(12-21-22-20(25-26-21)7-4-10-23-22)11-18(17)19(13-24-14)16-5-2-3-6-16/h4,7-11,13,16H,2-3,5-6,12H2,1H3,(H,25,26). The number of hydrogen-bond donors (Lipinski definition) is 1. The molecule has 0 spiro atoms. The van der Waals surface area contributed by atoms with Crippen LogP contribution in [0.25, 0.3) is 21.8 Å². The molecule has 3 aromatic heterocycles. The van der Waals surface area contributed by atoms with Gasteiger partial charge in [0.25, 0.3) is 0 Å². The van der Waals surface area contributed by atoms with Gasteiger partial charge < -0.3 is 0 Å². The molecular weight excluding hydrogens is 320 g/mol. The minimum absolute atomic E-state index is 0.663. The fourth-order valence-electron chi connectivity index (χ4n) is 4.35. The van der Waals surface area contributed by atoms with Crippen molar-refractivity contribution in [1.82, 2.24) is 20.2 Å². The number of pyridine rings is 2. The lowest BCUT2D eigenvalue weighted by Crippen LogP contribution is -1.99. The molecule has 1 aromatic carbocycles. The van der Waals surface area contributed by atoms with Crippen LogP contribution in [0.15, 0.2) is 42.7 Å². The molecule has 1 N–H and O–H groups in total. The molecule has 3 heterocycles. The lowest BCUT2D eigenvalue weighted by molar-refractivity contribution is 0.725. The van der Waals surface area contributed by atoms with Gasteiger partial charge in [0, 0.05) is 29.9 Å². The molecule has 4 nitrogen and oxygen atoms in total. The number of aromatic amines is 1. The van der Waals surface area contributed by atoms with E-state index in [-0.39, 0.29) is 0 Å². The summed E-state index contributed by atoms with van der Waals surface area (Å²) in [4.78, 5) is 9.16. The quantitative estimate of drug-likeness (QED) is 0.566. The van der Waals surface area contributed by atoms with Gasteiger partial charge in [-0.3, -0.25) is 15.1 Å². The van der Waals surface area contributed by atoms with E-state index < -0.39 is 0 Å². The predicted octanol–water partition coefficient (Wildman–Crippen LogP) is 5.06. The number of nitrogens with zero attached hydrogens (tertiary/aromatic N) is 3. The molecule has 0 amide bonds. The van der Waals surface area contributed by atoms with Gasteiger partial charge in [0.2, 0.25) is 0 Å². The van der Waals surface area contributed by atoms with Gasteiger partial charge >= 0.3 is 0 Å². The van der Waals surface area contributed by atoms with E-state index in [1.54, 1.807) is 0 Å². The second kappa shape index (κ2) is 6.20. The first-order valence-corrected chi connectivity index (χ1v) is 9.46. The Morgan fingerprint density at radius 3 is 2.85 bits per heavy atom. The van der Waals surface area contributed by atoms with Crippen LogP contribution in [0.1, 0.15) is 54.1 Å². The van der Waals surface area contributed by atoms with Crippen molar-refractivity contribution in [3.05, 3.63) is 65.2 Å². The highest BCUT2D eigenvalue weighted by molar-refractivity contribution is 5.88. The summed E-state index contributed by atoms with van der Waals surface area (Å²) < 4.78 is 0. The smallest absolute Gasteiger partial charge is 0.112 e. The second-order valence-corrected chi connectivity index (χ2v) is 7.41. The van der Waals surface area contributed by atoms with E-state index in [1.807, 2.05) is 18.3 Å². The monoisotopic (exact) mass is 342 g/mol. The van der Waals surface area contributed by atoms with E-state index in [9.17, 15) is 0 Å². The maximum absolute atomic E-state index is 4.67. The van der Waals surface area contributed by atoms with Crippen LogP contribution in [0, 0.1) is 6.92 Å². The van der Waals surface area contributed by atoms with Crippen molar-refractivity contribution in [3.8, 4) is 0 Å². The van der Waals surface area contributed by atoms with Crippen molar-refractivity contribution >= 4 is 21.8 Å². The lowest BCUT2D eigenvalue weighted by Gasteiger charge is -2.15. The maximum Gasteiger partial charge on any atom is 0.112 e. The number of H-pyrrole nitrogens is 1. The first-order chi connectivity index (χ1) is 12.8. The molecule has 4 heteroatoms. The summed E-state index contributed by atoms with van der Waals surface area (Å²) in [5, 5.41) is 10.2. The Labute approximate surface area is 152 Å². The summed E-state index contributed by atoms with van der Waals surface area (Å²) in [7, 11) is 0. The summed E-state index contributed by atoms with van der Waals surface area (Å²) in [6.07, 6.45) is 10.0. The average Bonchev–Trinajstić information content (AvgIpc) is 3.33. The molecule has 5 rings (SSSR count). The van der Waals surface area contributed by atoms with Gasteiger partial charge in [-0.15, -0.1) is 0 Å². The number of rotatable bonds is 3. The van der Waals surface area contributed by atoms with Crippen molar-refractivity contribution in [3.63, 3.8) is 0 Å². The average molecular weight is 342 g/mol. The number of aromatic nitrogens is 4. The Bertz CT molecular complexity index is 1090. The maximum atomic E-state index is 4.67. The molecule has 0 unspecified atom stereocenters. The topological polar surface area (TPSA) is 54.5 Å². The van der Waals surface area contributed by atoms with Crippen LogP contribution in [0.2, 0.25) is 0 Å². The van der Waals surface area contributed by atoms with Gasteiger partial charge in [0.1, 0.15) is 11.0 Å². The largest absolute Gasteiger partial charge is 0.279 e. The van der Waals surface area contributed by atoms with Gasteiger partial charge in [0.15, 0.2) is 0 Å². The van der Waals surface area contributed by atoms with Gasteiger partial charge in [0.05, 0.1) is 5.69 Å². The van der Waals surface area contributed by atoms with Gasteiger partial charge in [-0.2, -0.15) is 5.10 Å². The van der Waals surface area contributed by atoms with E-state index in [2.05, 4.69) is 51.5 Å². The van der Waals surface area contributed by atoms with Crippen LogP contribution in [-0.2, 0) is 6.42 Å². The first-order valence-electron chi connectivity index (χ1n) is 9.46. The Balaban J connectivity index is 1.59. The summed E-state index contributed by atoms with van der Waals surface area (Å²) in [5.41, 5.74) is 6.80. The molecule has 0 radical (unpaired) electrons. The highest BCUT2D eigenvalue weighted by Crippen LogP contribution is 2.38. The van der Waals surface area contributed by atoms with Crippen LogP contribution in [-0.4, -0.2) is 20.2 Å². The fraction of sp³-hybridized carbons (Fsp3) is 0.318. The number of nitrogens with one attached hydrogen (secondary N) is 1. The molecule has 0 bridgehead atoms. The summed E-state index contributed by atoms with van der Waals surface area (Å²) in [6, 6.07) is 10.7. The molecule has 1 aliphatic rings. The van der Waals surface area contributed by atoms with Gasteiger partial charge in [-0.1, -0.05) is 31.0 Å². The molecule has 130 valence electrons. The van der Waals surface area contributed by atoms with Gasteiger partial charge in [-0.05, 0) is 54.3 Å². The van der Waals surface area contributed by atoms with Crippen molar-refractivity contribution in [2.45, 2.75) is 44.9 Å². The normalized spacial score (nSPS) is 15.3. The number of fused-ring (bicyclic) bond motifs is 2.